The van der Waals surface area contributed by atoms with E-state index in [2.05, 4.69) is 48.5 Å². The highest BCUT2D eigenvalue weighted by Crippen LogP contribution is 2.40. The van der Waals surface area contributed by atoms with Gasteiger partial charge in [-0.2, -0.15) is 9.97 Å². The molecule has 8 rings (SSSR count). The van der Waals surface area contributed by atoms with E-state index in [1.54, 1.807) is 0 Å². The molecule has 6 heterocycles. The Labute approximate surface area is 239 Å². The average Bonchev–Trinajstić information content (AvgIpc) is 3.71. The zero-order valence-corrected chi connectivity index (χ0v) is 23.5. The van der Waals surface area contributed by atoms with Crippen molar-refractivity contribution in [3.63, 3.8) is 0 Å². The highest BCUT2D eigenvalue weighted by Gasteiger charge is 2.45. The van der Waals surface area contributed by atoms with E-state index in [9.17, 15) is 0 Å². The van der Waals surface area contributed by atoms with Crippen molar-refractivity contribution in [1.29, 1.82) is 0 Å². The van der Waals surface area contributed by atoms with Gasteiger partial charge in [-0.15, -0.1) is 0 Å². The van der Waals surface area contributed by atoms with E-state index in [4.69, 9.17) is 26.3 Å². The summed E-state index contributed by atoms with van der Waals surface area (Å²) >= 11 is 6.72. The third-order valence-corrected chi connectivity index (χ3v) is 9.85. The molecule has 0 N–H and O–H groups in total. The molecule has 0 spiro atoms. The number of hydrogen-bond donors (Lipinski definition) is 0. The van der Waals surface area contributed by atoms with Gasteiger partial charge in [0.1, 0.15) is 12.4 Å². The number of imidazole rings is 1. The lowest BCUT2D eigenvalue weighted by molar-refractivity contribution is 0.107. The summed E-state index contributed by atoms with van der Waals surface area (Å²) in [6.07, 6.45) is 9.69. The molecule has 40 heavy (non-hydrogen) atoms. The second-order valence-electron chi connectivity index (χ2n) is 11.7. The maximum Gasteiger partial charge on any atom is 0.318 e. The molecule has 2 aromatic carbocycles. The lowest BCUT2D eigenvalue weighted by Gasteiger charge is -2.36. The Morgan fingerprint density at radius 3 is 2.62 bits per heavy atom. The first kappa shape index (κ1) is 24.4. The molecule has 0 atom stereocenters. The number of benzene rings is 2. The van der Waals surface area contributed by atoms with Crippen LogP contribution in [0.25, 0.3) is 10.8 Å². The molecule has 0 amide bonds. The summed E-state index contributed by atoms with van der Waals surface area (Å²) in [7, 11) is 0. The van der Waals surface area contributed by atoms with Crippen molar-refractivity contribution < 1.29 is 4.74 Å². The summed E-state index contributed by atoms with van der Waals surface area (Å²) in [4.78, 5) is 22.0. The van der Waals surface area contributed by atoms with E-state index in [1.807, 2.05) is 24.7 Å². The summed E-state index contributed by atoms with van der Waals surface area (Å²) in [6.45, 7) is 7.22. The highest BCUT2D eigenvalue weighted by atomic mass is 35.5. The molecule has 0 unspecified atom stereocenters. The van der Waals surface area contributed by atoms with Crippen LogP contribution in [0.2, 0.25) is 5.02 Å². The molecule has 4 aliphatic heterocycles. The van der Waals surface area contributed by atoms with Crippen LogP contribution in [0.4, 0.5) is 11.5 Å². The van der Waals surface area contributed by atoms with Gasteiger partial charge >= 0.3 is 6.01 Å². The lowest BCUT2D eigenvalue weighted by Crippen LogP contribution is -2.43. The fourth-order valence-corrected chi connectivity index (χ4v) is 7.76. The topological polar surface area (TPSA) is 62.6 Å². The number of aromatic nitrogens is 4. The van der Waals surface area contributed by atoms with Crippen LogP contribution in [0.15, 0.2) is 48.9 Å². The van der Waals surface area contributed by atoms with Crippen molar-refractivity contribution in [3.8, 4) is 6.01 Å². The number of ether oxygens (including phenoxy) is 1. The van der Waals surface area contributed by atoms with Gasteiger partial charge in [-0.1, -0.05) is 35.9 Å². The quantitative estimate of drug-likeness (QED) is 0.341. The smallest absolute Gasteiger partial charge is 0.318 e. The highest BCUT2D eigenvalue weighted by molar-refractivity contribution is 6.36. The third kappa shape index (κ3) is 4.03. The number of halogens is 1. The Kier molecular flexibility index (Phi) is 5.88. The Bertz CT molecular complexity index is 1570. The second kappa shape index (κ2) is 9.63. The number of nitrogens with zero attached hydrogens (tertiary/aromatic N) is 7. The van der Waals surface area contributed by atoms with Gasteiger partial charge in [-0.25, -0.2) is 4.98 Å². The normalized spacial score (nSPS) is 20.0. The van der Waals surface area contributed by atoms with E-state index in [0.717, 1.165) is 65.6 Å². The molecule has 9 heteroatoms. The van der Waals surface area contributed by atoms with E-state index in [1.165, 1.54) is 50.0 Å². The molecule has 4 aliphatic rings. The zero-order chi connectivity index (χ0) is 26.7. The summed E-state index contributed by atoms with van der Waals surface area (Å²) in [5, 5.41) is 3.05. The van der Waals surface area contributed by atoms with Crippen LogP contribution in [0.3, 0.4) is 0 Å². The van der Waals surface area contributed by atoms with Crippen molar-refractivity contribution in [1.82, 2.24) is 24.4 Å². The first-order valence-corrected chi connectivity index (χ1v) is 15.0. The number of fused-ring (bicyclic) bond motifs is 4. The van der Waals surface area contributed by atoms with Gasteiger partial charge in [0, 0.05) is 42.5 Å². The maximum absolute atomic E-state index is 6.72. The average molecular weight is 556 g/mol. The summed E-state index contributed by atoms with van der Waals surface area (Å²) in [5.41, 5.74) is 4.83. The molecular weight excluding hydrogens is 522 g/mol. The molecule has 2 fully saturated rings. The molecule has 2 saturated heterocycles. The first-order chi connectivity index (χ1) is 19.7. The van der Waals surface area contributed by atoms with Gasteiger partial charge in [-0.05, 0) is 62.7 Å². The van der Waals surface area contributed by atoms with Gasteiger partial charge in [-0.3, -0.25) is 4.90 Å². The van der Waals surface area contributed by atoms with Crippen molar-refractivity contribution >= 4 is 33.9 Å². The molecule has 0 aliphatic carbocycles. The predicted molar refractivity (Wildman–Crippen MR) is 157 cm³/mol. The molecule has 0 radical (unpaired) electrons. The van der Waals surface area contributed by atoms with Gasteiger partial charge in [0.15, 0.2) is 0 Å². The Balaban J connectivity index is 1.15. The van der Waals surface area contributed by atoms with Crippen molar-refractivity contribution in [2.45, 2.75) is 57.3 Å². The van der Waals surface area contributed by atoms with Gasteiger partial charge in [0.25, 0.3) is 0 Å². The third-order valence-electron chi connectivity index (χ3n) is 9.54. The van der Waals surface area contributed by atoms with Crippen LogP contribution in [0, 0.1) is 0 Å². The number of rotatable bonds is 5. The summed E-state index contributed by atoms with van der Waals surface area (Å²) in [6, 6.07) is 13.1. The minimum atomic E-state index is 0.156. The van der Waals surface area contributed by atoms with E-state index in [-0.39, 0.29) is 5.54 Å². The van der Waals surface area contributed by atoms with E-state index < -0.39 is 0 Å². The fourth-order valence-electron chi connectivity index (χ4n) is 7.48. The van der Waals surface area contributed by atoms with Crippen LogP contribution in [0.5, 0.6) is 6.01 Å². The fraction of sp³-hybridized carbons (Fsp3) is 0.452. The van der Waals surface area contributed by atoms with Gasteiger partial charge < -0.3 is 19.1 Å². The van der Waals surface area contributed by atoms with Crippen molar-refractivity contribution in [3.05, 3.63) is 70.9 Å². The molecule has 8 nitrogen and oxygen atoms in total. The van der Waals surface area contributed by atoms with Crippen LogP contribution in [-0.2, 0) is 26.1 Å². The largest absolute Gasteiger partial charge is 0.461 e. The lowest BCUT2D eigenvalue weighted by atomic mass is 9.95. The Morgan fingerprint density at radius 2 is 1.75 bits per heavy atom. The Morgan fingerprint density at radius 1 is 0.900 bits per heavy atom. The van der Waals surface area contributed by atoms with Crippen molar-refractivity contribution in [2.24, 2.45) is 0 Å². The van der Waals surface area contributed by atoms with Crippen LogP contribution in [0.1, 0.15) is 42.6 Å². The second-order valence-corrected chi connectivity index (χ2v) is 12.2. The molecule has 0 saturated carbocycles. The van der Waals surface area contributed by atoms with Gasteiger partial charge in [0.2, 0.25) is 0 Å². The summed E-state index contributed by atoms with van der Waals surface area (Å²) in [5.74, 6) is 1.02. The zero-order valence-electron chi connectivity index (χ0n) is 22.7. The van der Waals surface area contributed by atoms with Crippen LogP contribution < -0.4 is 14.5 Å². The monoisotopic (exact) mass is 555 g/mol. The minimum absolute atomic E-state index is 0.156. The number of anilines is 2. The molecule has 206 valence electrons. The number of hydrogen-bond acceptors (Lipinski definition) is 7. The first-order valence-electron chi connectivity index (χ1n) is 14.6. The minimum Gasteiger partial charge on any atom is -0.461 e. The molecule has 0 bridgehead atoms. The SMILES string of the molecule is Clc1cccc2cccc(N3CCc4c(nc(OCC56CCCN5CCC6)nc4N4CCn5cncc5C4)C3)c12. The summed E-state index contributed by atoms with van der Waals surface area (Å²) < 4.78 is 8.77. The van der Waals surface area contributed by atoms with Gasteiger partial charge in [0.05, 0.1) is 41.4 Å². The van der Waals surface area contributed by atoms with Crippen LogP contribution >= 0.6 is 11.6 Å². The van der Waals surface area contributed by atoms with Crippen molar-refractivity contribution in [2.75, 3.05) is 42.6 Å². The molecule has 4 aromatic rings. The standard InChI is InChI=1S/C31H34ClN7O/c32-25-7-1-5-22-6-2-8-27(28(22)25)36-14-9-24-26(19-36)34-30(40-20-31-10-3-12-39(31)13-4-11-31)35-29(24)37-15-16-38-21-33-17-23(38)18-37/h1-2,5-8,17,21H,3-4,9-16,18-20H2. The molecule has 2 aromatic heterocycles. The van der Waals surface area contributed by atoms with E-state index in [0.29, 0.717) is 19.2 Å². The van der Waals surface area contributed by atoms with E-state index >= 15 is 0 Å². The maximum atomic E-state index is 6.72. The Hall–Kier alpha value is -3.36. The van der Waals surface area contributed by atoms with Crippen LogP contribution in [-0.4, -0.2) is 62.7 Å². The predicted octanol–water partition coefficient (Wildman–Crippen LogP) is 5.07. The molecular formula is C31H34ClN7O.